The number of phenolic OH excluding ortho intramolecular Hbond substituents is 2. The number of benzene rings is 4. The van der Waals surface area contributed by atoms with Gasteiger partial charge in [-0.05, 0) is 123 Å². The van der Waals surface area contributed by atoms with Gasteiger partial charge in [0, 0.05) is 88.1 Å². The van der Waals surface area contributed by atoms with Crippen molar-refractivity contribution in [2.24, 2.45) is 0 Å². The molecule has 20 heteroatoms. The van der Waals surface area contributed by atoms with E-state index >= 15 is 0 Å². The largest absolute Gasteiger partial charge is 0.505 e. The zero-order valence-corrected chi connectivity index (χ0v) is 43.6. The molecule has 2 amide bonds. The van der Waals surface area contributed by atoms with Gasteiger partial charge in [-0.1, -0.05) is 26.0 Å². The number of nitrogens with zero attached hydrogens (tertiary/aromatic N) is 8. The number of hydrogen-bond acceptors (Lipinski definition) is 12. The third-order valence-electron chi connectivity index (χ3n) is 15.8. The highest BCUT2D eigenvalue weighted by molar-refractivity contribution is 5.95. The number of aromatic amines is 4. The number of imidazole rings is 2. The number of aromatic hydroxyl groups is 2. The van der Waals surface area contributed by atoms with E-state index in [0.717, 1.165) is 111 Å². The number of aromatic nitrogens is 8. The topological polar surface area (TPSA) is 226 Å². The highest BCUT2D eigenvalue weighted by Crippen LogP contribution is 2.37. The highest BCUT2D eigenvalue weighted by Gasteiger charge is 2.38. The van der Waals surface area contributed by atoms with Gasteiger partial charge in [0.1, 0.15) is 11.4 Å². The van der Waals surface area contributed by atoms with E-state index in [2.05, 4.69) is 71.7 Å². The number of piperazine rings is 2. The van der Waals surface area contributed by atoms with Crippen LogP contribution in [0.5, 0.6) is 11.5 Å². The summed E-state index contributed by atoms with van der Waals surface area (Å²) < 4.78 is 28.3. The SMILES string of the molecule is CCc1cc(O)c(F)cc1-c1ccc2c(-c3nc4c([nH]3)CN(C)[C@H](C(=O)N3CCN(C)C[C@@H]3C)C4)n[nH]c2c1.CCc1cc(O)c(F)cc1-c1ccc2c(-c3nc4c([nH]3)CN[C@H](C(=O)N3CCNC[C@@H]3C)C4)n[nH]c2c1. The van der Waals surface area contributed by atoms with Crippen molar-refractivity contribution in [1.82, 2.24) is 70.6 Å². The molecule has 4 aromatic heterocycles. The van der Waals surface area contributed by atoms with Crippen molar-refractivity contribution < 1.29 is 28.6 Å². The average molecular weight is 1040 g/mol. The molecule has 4 aliphatic heterocycles. The predicted molar refractivity (Wildman–Crippen MR) is 286 cm³/mol. The van der Waals surface area contributed by atoms with Crippen LogP contribution in [-0.4, -0.2) is 159 Å². The van der Waals surface area contributed by atoms with Crippen LogP contribution in [0.3, 0.4) is 0 Å². The molecule has 18 nitrogen and oxygen atoms in total. The Morgan fingerprint density at radius 1 is 0.697 bits per heavy atom. The van der Waals surface area contributed by atoms with Gasteiger partial charge in [0.2, 0.25) is 11.8 Å². The molecule has 4 atom stereocenters. The number of fused-ring (bicyclic) bond motifs is 4. The van der Waals surface area contributed by atoms with E-state index < -0.39 is 11.6 Å². The van der Waals surface area contributed by atoms with Gasteiger partial charge < -0.3 is 40.2 Å². The second-order valence-electron chi connectivity index (χ2n) is 20.8. The van der Waals surface area contributed by atoms with E-state index in [-0.39, 0.29) is 47.5 Å². The fourth-order valence-corrected chi connectivity index (χ4v) is 11.5. The molecule has 0 bridgehead atoms. The molecular formula is C56H64F2N14O4. The molecule has 2 saturated heterocycles. The summed E-state index contributed by atoms with van der Waals surface area (Å²) in [6.45, 7) is 14.1. The van der Waals surface area contributed by atoms with Gasteiger partial charge in [-0.3, -0.25) is 30.0 Å². The minimum Gasteiger partial charge on any atom is -0.505 e. The van der Waals surface area contributed by atoms with Crippen molar-refractivity contribution in [3.63, 3.8) is 0 Å². The van der Waals surface area contributed by atoms with Crippen molar-refractivity contribution in [2.45, 2.75) is 90.6 Å². The smallest absolute Gasteiger partial charge is 0.240 e. The molecule has 4 aromatic carbocycles. The molecule has 2 fully saturated rings. The minimum absolute atomic E-state index is 0.124. The molecule has 12 rings (SSSR count). The lowest BCUT2D eigenvalue weighted by Crippen LogP contribution is -2.58. The molecule has 4 aliphatic rings. The van der Waals surface area contributed by atoms with Crippen LogP contribution in [0.2, 0.25) is 0 Å². The lowest BCUT2D eigenvalue weighted by molar-refractivity contribution is -0.141. The van der Waals surface area contributed by atoms with Crippen LogP contribution < -0.4 is 10.6 Å². The van der Waals surface area contributed by atoms with E-state index in [4.69, 9.17) is 9.97 Å². The van der Waals surface area contributed by atoms with Crippen molar-refractivity contribution in [2.75, 3.05) is 53.4 Å². The molecule has 0 spiro atoms. The summed E-state index contributed by atoms with van der Waals surface area (Å²) in [5, 5.41) is 43.3. The number of aryl methyl sites for hydroxylation is 2. The van der Waals surface area contributed by atoms with Gasteiger partial charge in [0.05, 0.1) is 45.9 Å². The Labute approximate surface area is 438 Å². The first-order chi connectivity index (χ1) is 36.7. The van der Waals surface area contributed by atoms with Crippen molar-refractivity contribution >= 4 is 33.6 Å². The van der Waals surface area contributed by atoms with Gasteiger partial charge >= 0.3 is 0 Å². The average Bonchev–Trinajstić information content (AvgIpc) is 4.24. The summed E-state index contributed by atoms with van der Waals surface area (Å²) >= 11 is 0. The summed E-state index contributed by atoms with van der Waals surface area (Å²) in [6.07, 6.45) is 2.41. The third-order valence-corrected chi connectivity index (χ3v) is 15.8. The van der Waals surface area contributed by atoms with Crippen LogP contribution in [0.25, 0.3) is 67.1 Å². The van der Waals surface area contributed by atoms with Crippen molar-refractivity contribution in [3.8, 4) is 56.8 Å². The Hall–Kier alpha value is -7.52. The Kier molecular flexibility index (Phi) is 13.7. The first kappa shape index (κ1) is 50.6. The molecule has 8 N–H and O–H groups in total. The van der Waals surface area contributed by atoms with Crippen LogP contribution in [-0.2, 0) is 48.4 Å². The first-order valence-corrected chi connectivity index (χ1v) is 26.3. The fourth-order valence-electron chi connectivity index (χ4n) is 11.5. The molecule has 76 heavy (non-hydrogen) atoms. The van der Waals surface area contributed by atoms with Gasteiger partial charge in [-0.15, -0.1) is 0 Å². The van der Waals surface area contributed by atoms with Gasteiger partial charge in [-0.2, -0.15) is 10.2 Å². The van der Waals surface area contributed by atoms with Crippen LogP contribution in [0.15, 0.2) is 60.7 Å². The number of nitrogens with one attached hydrogen (secondary N) is 6. The molecule has 8 aromatic rings. The number of phenols is 2. The molecule has 0 saturated carbocycles. The third kappa shape index (κ3) is 9.47. The van der Waals surface area contributed by atoms with Crippen LogP contribution >= 0.6 is 0 Å². The summed E-state index contributed by atoms with van der Waals surface area (Å²) in [6, 6.07) is 17.2. The Bertz CT molecular complexity index is 3510. The number of rotatable bonds is 8. The van der Waals surface area contributed by atoms with E-state index in [1.54, 1.807) is 0 Å². The second kappa shape index (κ2) is 20.5. The van der Waals surface area contributed by atoms with Crippen LogP contribution in [0.4, 0.5) is 8.78 Å². The van der Waals surface area contributed by atoms with E-state index in [1.807, 2.05) is 67.1 Å². The van der Waals surface area contributed by atoms with Crippen molar-refractivity contribution in [1.29, 1.82) is 0 Å². The Morgan fingerprint density at radius 3 is 1.83 bits per heavy atom. The summed E-state index contributed by atoms with van der Waals surface area (Å²) in [4.78, 5) is 51.6. The number of halogens is 2. The number of carbonyl (C=O) groups is 2. The summed E-state index contributed by atoms with van der Waals surface area (Å²) in [7, 11) is 4.09. The predicted octanol–water partition coefficient (Wildman–Crippen LogP) is 6.41. The Balaban J connectivity index is 0.000000162. The number of amides is 2. The maximum Gasteiger partial charge on any atom is 0.240 e. The second-order valence-corrected chi connectivity index (χ2v) is 20.8. The standard InChI is InChI=1S/C29H34FN7O2.C27H30FN7O2/c1-5-17-11-26(38)21(30)12-20(17)18-6-7-19-22(10-18)33-34-27(19)28-31-23-13-25(36(4)15-24(23)32-28)29(39)37-9-8-35(3)14-16(37)2;1-3-15-9-24(36)19(28)10-18(15)16-4-5-17-20(8-16)33-34-25(17)26-31-21-11-22(30-13-23(21)32-26)27(37)35-7-6-29-12-14(35)2/h6-7,10-12,16,25,38H,5,8-9,13-15H2,1-4H3,(H,31,32)(H,33,34);4-5,8-10,14,22,29-30,36H,3,6-7,11-13H2,1-2H3,(H,31,32)(H,33,34)/t16-,25-;14-,22-/m00/s1. The maximum atomic E-state index is 14.2. The maximum absolute atomic E-state index is 14.2. The molecule has 396 valence electrons. The first-order valence-electron chi connectivity index (χ1n) is 26.3. The van der Waals surface area contributed by atoms with E-state index in [0.29, 0.717) is 68.4 Å². The number of likely N-dealkylation sites (N-methyl/N-ethyl adjacent to an activating group) is 2. The molecule has 8 heterocycles. The van der Waals surface area contributed by atoms with E-state index in [9.17, 15) is 28.6 Å². The molecule has 0 radical (unpaired) electrons. The molecular weight excluding hydrogens is 971 g/mol. The minimum atomic E-state index is -0.643. The monoisotopic (exact) mass is 1030 g/mol. The fraction of sp³-hybridized carbons (Fsp3) is 0.393. The number of hydrogen-bond donors (Lipinski definition) is 8. The lowest BCUT2D eigenvalue weighted by Gasteiger charge is -2.42. The van der Waals surface area contributed by atoms with Crippen LogP contribution in [0.1, 0.15) is 61.6 Å². The number of carbonyl (C=O) groups excluding carboxylic acids is 2. The highest BCUT2D eigenvalue weighted by atomic mass is 19.1. The molecule has 0 unspecified atom stereocenters. The Morgan fingerprint density at radius 2 is 1.26 bits per heavy atom. The van der Waals surface area contributed by atoms with Crippen molar-refractivity contribution in [3.05, 3.63) is 106 Å². The van der Waals surface area contributed by atoms with Crippen LogP contribution in [0, 0.1) is 11.6 Å². The summed E-state index contributed by atoms with van der Waals surface area (Å²) in [5.41, 5.74) is 11.7. The lowest BCUT2D eigenvalue weighted by atomic mass is 9.96. The van der Waals surface area contributed by atoms with Gasteiger partial charge in [0.25, 0.3) is 0 Å². The molecule has 0 aliphatic carbocycles. The summed E-state index contributed by atoms with van der Waals surface area (Å²) in [5.74, 6) is -0.351. The normalized spacial score (nSPS) is 20.2. The zero-order valence-electron chi connectivity index (χ0n) is 43.6. The quantitative estimate of drug-likeness (QED) is 0.0827. The van der Waals surface area contributed by atoms with Gasteiger partial charge in [0.15, 0.2) is 34.8 Å². The van der Waals surface area contributed by atoms with Gasteiger partial charge in [-0.25, -0.2) is 18.7 Å². The zero-order chi connectivity index (χ0) is 53.1. The van der Waals surface area contributed by atoms with E-state index in [1.165, 1.54) is 24.3 Å². The number of H-pyrrole nitrogens is 4.